The lowest BCUT2D eigenvalue weighted by Gasteiger charge is -2.14. The number of amides is 1. The second-order valence-corrected chi connectivity index (χ2v) is 6.72. The summed E-state index contributed by atoms with van der Waals surface area (Å²) in [5.41, 5.74) is 1.64. The van der Waals surface area contributed by atoms with Crippen LogP contribution in [0.2, 0.25) is 10.0 Å². The van der Waals surface area contributed by atoms with E-state index in [1.54, 1.807) is 18.2 Å². The van der Waals surface area contributed by atoms with Crippen LogP contribution in [-0.2, 0) is 16.6 Å². The van der Waals surface area contributed by atoms with Crippen LogP contribution in [0.3, 0.4) is 0 Å². The van der Waals surface area contributed by atoms with E-state index in [-0.39, 0.29) is 17.7 Å². The van der Waals surface area contributed by atoms with Gasteiger partial charge in [-0.15, -0.1) is 0 Å². The van der Waals surface area contributed by atoms with Crippen molar-refractivity contribution in [3.8, 4) is 0 Å². The first-order chi connectivity index (χ1) is 9.75. The highest BCUT2D eigenvalue weighted by Crippen LogP contribution is 2.23. The Morgan fingerprint density at radius 1 is 1.29 bits per heavy atom. The van der Waals surface area contributed by atoms with E-state index in [2.05, 4.69) is 36.3 Å². The number of halogens is 2. The summed E-state index contributed by atoms with van der Waals surface area (Å²) >= 11 is 11.9. The maximum Gasteiger partial charge on any atom is 0.230 e. The normalized spacial score (nSPS) is 11.5. The molecule has 2 rings (SSSR count). The predicted molar refractivity (Wildman–Crippen MR) is 86.1 cm³/mol. The molecule has 0 atom stereocenters. The second-order valence-electron chi connectivity index (χ2n) is 5.88. The number of anilines is 1. The van der Waals surface area contributed by atoms with Crippen LogP contribution in [0.5, 0.6) is 0 Å². The standard InChI is InChI=1S/C15H17Cl2N3O/c1-15(2,3)12-8-13(20-19-12)18-14(21)6-9-4-5-10(16)7-11(9)17/h4-5,7-8H,6H2,1-3H3,(H2,18,19,20,21). The molecule has 1 aromatic heterocycles. The fourth-order valence-electron chi connectivity index (χ4n) is 1.80. The van der Waals surface area contributed by atoms with Gasteiger partial charge in [0.15, 0.2) is 5.82 Å². The van der Waals surface area contributed by atoms with Gasteiger partial charge >= 0.3 is 0 Å². The fraction of sp³-hybridized carbons (Fsp3) is 0.333. The van der Waals surface area contributed by atoms with Crippen molar-refractivity contribution < 1.29 is 4.79 Å². The summed E-state index contributed by atoms with van der Waals surface area (Å²) in [6.45, 7) is 6.21. The van der Waals surface area contributed by atoms with E-state index in [0.29, 0.717) is 15.9 Å². The minimum Gasteiger partial charge on any atom is -0.309 e. The molecule has 0 spiro atoms. The van der Waals surface area contributed by atoms with Crippen molar-refractivity contribution in [3.63, 3.8) is 0 Å². The van der Waals surface area contributed by atoms with Crippen molar-refractivity contribution in [1.82, 2.24) is 10.2 Å². The third-order valence-electron chi connectivity index (χ3n) is 3.02. The molecular weight excluding hydrogens is 309 g/mol. The van der Waals surface area contributed by atoms with Crippen LogP contribution in [0.1, 0.15) is 32.0 Å². The maximum absolute atomic E-state index is 12.0. The summed E-state index contributed by atoms with van der Waals surface area (Å²) in [7, 11) is 0. The third kappa shape index (κ3) is 4.22. The van der Waals surface area contributed by atoms with Crippen molar-refractivity contribution in [1.29, 1.82) is 0 Å². The van der Waals surface area contributed by atoms with E-state index < -0.39 is 0 Å². The maximum atomic E-state index is 12.0. The largest absolute Gasteiger partial charge is 0.309 e. The van der Waals surface area contributed by atoms with Gasteiger partial charge in [0.2, 0.25) is 5.91 Å². The third-order valence-corrected chi connectivity index (χ3v) is 3.61. The number of aromatic nitrogens is 2. The van der Waals surface area contributed by atoms with Gasteiger partial charge in [-0.2, -0.15) is 5.10 Å². The monoisotopic (exact) mass is 325 g/mol. The van der Waals surface area contributed by atoms with E-state index in [1.807, 2.05) is 6.07 Å². The molecule has 0 bridgehead atoms. The topological polar surface area (TPSA) is 57.8 Å². The first-order valence-corrected chi connectivity index (χ1v) is 7.31. The van der Waals surface area contributed by atoms with E-state index in [1.165, 1.54) is 0 Å². The highest BCUT2D eigenvalue weighted by atomic mass is 35.5. The summed E-state index contributed by atoms with van der Waals surface area (Å²) in [6.07, 6.45) is 0.174. The number of hydrogen-bond acceptors (Lipinski definition) is 2. The number of rotatable bonds is 3. The number of nitrogens with zero attached hydrogens (tertiary/aromatic N) is 1. The molecule has 1 aromatic carbocycles. The van der Waals surface area contributed by atoms with Gasteiger partial charge in [-0.1, -0.05) is 50.0 Å². The average Bonchev–Trinajstić information content (AvgIpc) is 2.81. The minimum atomic E-state index is -0.175. The fourth-order valence-corrected chi connectivity index (χ4v) is 2.27. The van der Waals surface area contributed by atoms with Crippen molar-refractivity contribution >= 4 is 34.9 Å². The number of H-pyrrole nitrogens is 1. The Labute approximate surface area is 133 Å². The molecule has 0 radical (unpaired) electrons. The molecule has 0 saturated carbocycles. The molecule has 2 N–H and O–H groups in total. The van der Waals surface area contributed by atoms with Gasteiger partial charge in [0.25, 0.3) is 0 Å². The second kappa shape index (κ2) is 6.08. The van der Waals surface area contributed by atoms with Gasteiger partial charge in [0.1, 0.15) is 0 Å². The van der Waals surface area contributed by atoms with Crippen LogP contribution in [0, 0.1) is 0 Å². The Morgan fingerprint density at radius 2 is 2.00 bits per heavy atom. The highest BCUT2D eigenvalue weighted by Gasteiger charge is 2.17. The SMILES string of the molecule is CC(C)(C)c1cc(NC(=O)Cc2ccc(Cl)cc2Cl)n[nH]1. The molecule has 6 heteroatoms. The first kappa shape index (κ1) is 15.9. The summed E-state index contributed by atoms with van der Waals surface area (Å²) in [5, 5.41) is 10.8. The summed E-state index contributed by atoms with van der Waals surface area (Å²) in [5.74, 6) is 0.334. The van der Waals surface area contributed by atoms with Gasteiger partial charge in [0.05, 0.1) is 6.42 Å². The Bertz CT molecular complexity index is 659. The zero-order chi connectivity index (χ0) is 15.6. The molecule has 1 amide bonds. The number of carbonyl (C=O) groups is 1. The Kier molecular flexibility index (Phi) is 4.59. The highest BCUT2D eigenvalue weighted by molar-refractivity contribution is 6.35. The molecule has 0 saturated heterocycles. The summed E-state index contributed by atoms with van der Waals surface area (Å²) in [4.78, 5) is 12.0. The summed E-state index contributed by atoms with van der Waals surface area (Å²) in [6, 6.07) is 6.91. The molecule has 4 nitrogen and oxygen atoms in total. The zero-order valence-electron chi connectivity index (χ0n) is 12.1. The van der Waals surface area contributed by atoms with E-state index in [0.717, 1.165) is 11.3 Å². The molecule has 0 fully saturated rings. The van der Waals surface area contributed by atoms with E-state index in [4.69, 9.17) is 23.2 Å². The number of aromatic amines is 1. The van der Waals surface area contributed by atoms with Gasteiger partial charge in [-0.05, 0) is 17.7 Å². The zero-order valence-corrected chi connectivity index (χ0v) is 13.6. The van der Waals surface area contributed by atoms with Crippen LogP contribution in [0.15, 0.2) is 24.3 Å². The molecule has 21 heavy (non-hydrogen) atoms. The first-order valence-electron chi connectivity index (χ1n) is 6.55. The Morgan fingerprint density at radius 3 is 2.57 bits per heavy atom. The molecule has 112 valence electrons. The molecule has 0 aliphatic carbocycles. The number of carbonyl (C=O) groups excluding carboxylic acids is 1. The van der Waals surface area contributed by atoms with Crippen LogP contribution in [0.4, 0.5) is 5.82 Å². The molecular formula is C15H17Cl2N3O. The lowest BCUT2D eigenvalue weighted by molar-refractivity contribution is -0.115. The van der Waals surface area contributed by atoms with Crippen molar-refractivity contribution in [2.75, 3.05) is 5.32 Å². The quantitative estimate of drug-likeness (QED) is 0.888. The van der Waals surface area contributed by atoms with Crippen LogP contribution in [-0.4, -0.2) is 16.1 Å². The van der Waals surface area contributed by atoms with Crippen molar-refractivity contribution in [2.45, 2.75) is 32.6 Å². The van der Waals surface area contributed by atoms with E-state index >= 15 is 0 Å². The Balaban J connectivity index is 2.03. The number of benzene rings is 1. The van der Waals surface area contributed by atoms with Crippen LogP contribution >= 0.6 is 23.2 Å². The van der Waals surface area contributed by atoms with Gasteiger partial charge < -0.3 is 5.32 Å². The van der Waals surface area contributed by atoms with Crippen molar-refractivity contribution in [3.05, 3.63) is 45.6 Å². The molecule has 1 heterocycles. The Hall–Kier alpha value is -1.52. The number of nitrogens with one attached hydrogen (secondary N) is 2. The van der Waals surface area contributed by atoms with Crippen LogP contribution in [0.25, 0.3) is 0 Å². The van der Waals surface area contributed by atoms with E-state index in [9.17, 15) is 4.79 Å². The van der Waals surface area contributed by atoms with Gasteiger partial charge in [0, 0.05) is 27.2 Å². The lowest BCUT2D eigenvalue weighted by Crippen LogP contribution is -2.15. The number of hydrogen-bond donors (Lipinski definition) is 2. The smallest absolute Gasteiger partial charge is 0.230 e. The molecule has 0 aliphatic heterocycles. The lowest BCUT2D eigenvalue weighted by atomic mass is 9.92. The average molecular weight is 326 g/mol. The van der Waals surface area contributed by atoms with Crippen LogP contribution < -0.4 is 5.32 Å². The molecule has 2 aromatic rings. The minimum absolute atomic E-state index is 0.0462. The predicted octanol–water partition coefficient (Wildman–Crippen LogP) is 4.20. The van der Waals surface area contributed by atoms with Gasteiger partial charge in [-0.3, -0.25) is 9.89 Å². The summed E-state index contributed by atoms with van der Waals surface area (Å²) < 4.78 is 0. The van der Waals surface area contributed by atoms with Crippen molar-refractivity contribution in [2.24, 2.45) is 0 Å². The molecule has 0 aliphatic rings. The van der Waals surface area contributed by atoms with Gasteiger partial charge in [-0.25, -0.2) is 0 Å². The molecule has 0 unspecified atom stereocenters.